The molecule has 0 N–H and O–H groups in total. The molecule has 3 nitrogen and oxygen atoms in total. The molecule has 0 radical (unpaired) electrons. The molecule has 1 saturated carbocycles. The van der Waals surface area contributed by atoms with Crippen molar-refractivity contribution >= 4 is 5.97 Å². The predicted octanol–water partition coefficient (Wildman–Crippen LogP) is 5.82. The first-order valence-electron chi connectivity index (χ1n) is 9.84. The maximum Gasteiger partial charge on any atom is 0.314 e. The van der Waals surface area contributed by atoms with E-state index in [1.54, 1.807) is 0 Å². The molecular weight excluding hydrogens is 310 g/mol. The van der Waals surface area contributed by atoms with Gasteiger partial charge in [0.15, 0.2) is 0 Å². The fourth-order valence-corrected chi connectivity index (χ4v) is 3.75. The van der Waals surface area contributed by atoms with E-state index in [9.17, 15) is 10.1 Å². The van der Waals surface area contributed by atoms with E-state index in [1.165, 1.54) is 18.4 Å². The SMILES string of the molecule is CCCCC[C@]1(C#N)CC[C@@H](C(=O)Oc2ccc(CCC)cc2)CC1. The van der Waals surface area contributed by atoms with Crippen LogP contribution in [-0.4, -0.2) is 5.97 Å². The van der Waals surface area contributed by atoms with Gasteiger partial charge in [0.1, 0.15) is 5.75 Å². The average Bonchev–Trinajstić information content (AvgIpc) is 2.64. The van der Waals surface area contributed by atoms with Gasteiger partial charge in [0, 0.05) is 0 Å². The third kappa shape index (κ3) is 5.59. The van der Waals surface area contributed by atoms with Crippen LogP contribution in [-0.2, 0) is 11.2 Å². The quantitative estimate of drug-likeness (QED) is 0.340. The number of aryl methyl sites for hydroxylation is 1. The Morgan fingerprint density at radius 1 is 1.16 bits per heavy atom. The molecule has 0 amide bonds. The van der Waals surface area contributed by atoms with Crippen molar-refractivity contribution in [1.82, 2.24) is 0 Å². The van der Waals surface area contributed by atoms with Gasteiger partial charge in [-0.05, 0) is 56.2 Å². The molecule has 0 saturated heterocycles. The molecule has 0 aromatic heterocycles. The van der Waals surface area contributed by atoms with Crippen LogP contribution in [0.3, 0.4) is 0 Å². The summed E-state index contributed by atoms with van der Waals surface area (Å²) in [6.07, 6.45) is 9.78. The highest BCUT2D eigenvalue weighted by Gasteiger charge is 2.37. The fraction of sp³-hybridized carbons (Fsp3) is 0.636. The lowest BCUT2D eigenvalue weighted by Gasteiger charge is -2.34. The molecule has 1 fully saturated rings. The van der Waals surface area contributed by atoms with E-state index in [1.807, 2.05) is 24.3 Å². The number of ether oxygens (including phenoxy) is 1. The second kappa shape index (κ2) is 9.61. The van der Waals surface area contributed by atoms with Crippen molar-refractivity contribution < 1.29 is 9.53 Å². The highest BCUT2D eigenvalue weighted by Crippen LogP contribution is 2.42. The second-order valence-corrected chi connectivity index (χ2v) is 7.44. The molecule has 0 unspecified atom stereocenters. The van der Waals surface area contributed by atoms with E-state index >= 15 is 0 Å². The number of unbranched alkanes of at least 4 members (excludes halogenated alkanes) is 2. The van der Waals surface area contributed by atoms with E-state index in [-0.39, 0.29) is 17.3 Å². The Morgan fingerprint density at radius 3 is 2.40 bits per heavy atom. The molecule has 1 aromatic rings. The van der Waals surface area contributed by atoms with E-state index in [4.69, 9.17) is 4.74 Å². The molecule has 0 aliphatic heterocycles. The lowest BCUT2D eigenvalue weighted by atomic mass is 9.69. The van der Waals surface area contributed by atoms with Crippen LogP contribution in [0, 0.1) is 22.7 Å². The molecule has 25 heavy (non-hydrogen) atoms. The molecule has 1 aliphatic rings. The van der Waals surface area contributed by atoms with Crippen molar-refractivity contribution in [3.8, 4) is 11.8 Å². The van der Waals surface area contributed by atoms with Crippen LogP contribution in [0.2, 0.25) is 0 Å². The van der Waals surface area contributed by atoms with E-state index in [0.717, 1.165) is 51.4 Å². The summed E-state index contributed by atoms with van der Waals surface area (Å²) in [5, 5.41) is 9.60. The minimum absolute atomic E-state index is 0.0667. The first kappa shape index (κ1) is 19.5. The lowest BCUT2D eigenvalue weighted by molar-refractivity contribution is -0.140. The van der Waals surface area contributed by atoms with Gasteiger partial charge in [0.05, 0.1) is 17.4 Å². The van der Waals surface area contributed by atoms with Crippen molar-refractivity contribution in [2.45, 2.75) is 78.1 Å². The molecular formula is C22H31NO2. The zero-order valence-corrected chi connectivity index (χ0v) is 15.7. The molecule has 1 aromatic carbocycles. The van der Waals surface area contributed by atoms with Crippen LogP contribution < -0.4 is 4.74 Å². The predicted molar refractivity (Wildman–Crippen MR) is 100 cm³/mol. The number of rotatable bonds is 8. The highest BCUT2D eigenvalue weighted by molar-refractivity contribution is 5.75. The molecule has 3 heteroatoms. The van der Waals surface area contributed by atoms with Crippen LogP contribution in [0.5, 0.6) is 5.75 Å². The number of carbonyl (C=O) groups excluding carboxylic acids is 1. The summed E-state index contributed by atoms with van der Waals surface area (Å²) in [7, 11) is 0. The van der Waals surface area contributed by atoms with Crippen molar-refractivity contribution in [2.75, 3.05) is 0 Å². The van der Waals surface area contributed by atoms with Crippen molar-refractivity contribution in [2.24, 2.45) is 11.3 Å². The zero-order valence-electron chi connectivity index (χ0n) is 15.7. The first-order chi connectivity index (χ1) is 12.1. The monoisotopic (exact) mass is 341 g/mol. The van der Waals surface area contributed by atoms with E-state index < -0.39 is 0 Å². The Kier molecular flexibility index (Phi) is 7.50. The number of nitrogens with zero attached hydrogens (tertiary/aromatic N) is 1. The van der Waals surface area contributed by atoms with Gasteiger partial charge in [0.25, 0.3) is 0 Å². The number of esters is 1. The summed E-state index contributed by atoms with van der Waals surface area (Å²) in [4.78, 5) is 12.4. The van der Waals surface area contributed by atoms with Crippen LogP contribution in [0.1, 0.15) is 77.2 Å². The third-order valence-corrected chi connectivity index (χ3v) is 5.45. The maximum absolute atomic E-state index is 12.4. The van der Waals surface area contributed by atoms with Crippen LogP contribution >= 0.6 is 0 Å². The number of nitriles is 1. The van der Waals surface area contributed by atoms with Crippen LogP contribution in [0.4, 0.5) is 0 Å². The highest BCUT2D eigenvalue weighted by atomic mass is 16.5. The summed E-state index contributed by atoms with van der Waals surface area (Å²) >= 11 is 0. The Balaban J connectivity index is 1.85. The van der Waals surface area contributed by atoms with Gasteiger partial charge in [-0.25, -0.2) is 0 Å². The number of hydrogen-bond acceptors (Lipinski definition) is 3. The van der Waals surface area contributed by atoms with E-state index in [0.29, 0.717) is 5.75 Å². The summed E-state index contributed by atoms with van der Waals surface area (Å²) in [5.74, 6) is 0.427. The number of hydrogen-bond donors (Lipinski definition) is 0. The second-order valence-electron chi connectivity index (χ2n) is 7.44. The standard InChI is InChI=1S/C22H31NO2/c1-3-5-6-14-22(17-23)15-12-19(13-16-22)21(24)25-20-10-8-18(7-4-2)9-11-20/h8-11,19H,3-7,12-16H2,1-2H3/t19-,22+. The minimum Gasteiger partial charge on any atom is -0.426 e. The van der Waals surface area contributed by atoms with Gasteiger partial charge in [0.2, 0.25) is 0 Å². The number of carbonyl (C=O) groups is 1. The molecule has 0 heterocycles. The van der Waals surface area contributed by atoms with Gasteiger partial charge in [-0.2, -0.15) is 5.26 Å². The van der Waals surface area contributed by atoms with Gasteiger partial charge >= 0.3 is 5.97 Å². The normalized spacial score (nSPS) is 23.0. The minimum atomic E-state index is -0.215. The summed E-state index contributed by atoms with van der Waals surface area (Å²) in [6, 6.07) is 10.4. The molecule has 136 valence electrons. The molecule has 0 bridgehead atoms. The smallest absolute Gasteiger partial charge is 0.314 e. The zero-order chi connectivity index (χ0) is 18.1. The van der Waals surface area contributed by atoms with Gasteiger partial charge in [-0.3, -0.25) is 4.79 Å². The third-order valence-electron chi connectivity index (χ3n) is 5.45. The van der Waals surface area contributed by atoms with Gasteiger partial charge < -0.3 is 4.74 Å². The Hall–Kier alpha value is -1.82. The van der Waals surface area contributed by atoms with Crippen molar-refractivity contribution in [3.63, 3.8) is 0 Å². The van der Waals surface area contributed by atoms with Crippen molar-refractivity contribution in [1.29, 1.82) is 5.26 Å². The van der Waals surface area contributed by atoms with Crippen LogP contribution in [0.15, 0.2) is 24.3 Å². The Morgan fingerprint density at radius 2 is 1.84 bits per heavy atom. The summed E-state index contributed by atoms with van der Waals surface area (Å²) < 4.78 is 5.57. The fourth-order valence-electron chi connectivity index (χ4n) is 3.75. The molecule has 0 atom stereocenters. The van der Waals surface area contributed by atoms with Gasteiger partial charge in [-0.15, -0.1) is 0 Å². The summed E-state index contributed by atoms with van der Waals surface area (Å²) in [6.45, 7) is 4.33. The molecule has 2 rings (SSSR count). The Labute approximate surface area is 152 Å². The Bertz CT molecular complexity index is 577. The largest absolute Gasteiger partial charge is 0.426 e. The van der Waals surface area contributed by atoms with Crippen molar-refractivity contribution in [3.05, 3.63) is 29.8 Å². The van der Waals surface area contributed by atoms with Gasteiger partial charge in [-0.1, -0.05) is 51.7 Å². The number of benzene rings is 1. The average molecular weight is 341 g/mol. The lowest BCUT2D eigenvalue weighted by Crippen LogP contribution is -2.31. The molecule has 0 spiro atoms. The van der Waals surface area contributed by atoms with Crippen LogP contribution in [0.25, 0.3) is 0 Å². The molecule has 1 aliphatic carbocycles. The first-order valence-corrected chi connectivity index (χ1v) is 9.84. The topological polar surface area (TPSA) is 50.1 Å². The summed E-state index contributed by atoms with van der Waals surface area (Å²) in [5.41, 5.74) is 1.05. The van der Waals surface area contributed by atoms with E-state index in [2.05, 4.69) is 19.9 Å². The maximum atomic E-state index is 12.4.